The largest absolute Gasteiger partial charge is 0.493 e. The second-order valence-electron chi connectivity index (χ2n) is 3.69. The third kappa shape index (κ3) is 2.64. The number of fused-ring (bicyclic) bond motifs is 1. The van der Waals surface area contributed by atoms with E-state index in [0.717, 1.165) is 24.2 Å². The van der Waals surface area contributed by atoms with Gasteiger partial charge in [-0.2, -0.15) is 13.2 Å². The minimum Gasteiger partial charge on any atom is -0.493 e. The van der Waals surface area contributed by atoms with Crippen molar-refractivity contribution < 1.29 is 17.9 Å². The van der Waals surface area contributed by atoms with Crippen molar-refractivity contribution >= 4 is 0 Å². The fourth-order valence-electron chi connectivity index (χ4n) is 1.76. The van der Waals surface area contributed by atoms with E-state index in [2.05, 4.69) is 0 Å². The molecule has 0 radical (unpaired) electrons. The van der Waals surface area contributed by atoms with Crippen molar-refractivity contribution in [2.24, 2.45) is 0 Å². The fourth-order valence-corrected chi connectivity index (χ4v) is 1.76. The Morgan fingerprint density at radius 3 is 2.80 bits per heavy atom. The van der Waals surface area contributed by atoms with Gasteiger partial charge in [0, 0.05) is 0 Å². The highest BCUT2D eigenvalue weighted by atomic mass is 19.4. The van der Waals surface area contributed by atoms with Crippen LogP contribution in [-0.2, 0) is 12.8 Å². The molecule has 1 heterocycles. The molecule has 0 saturated heterocycles. The summed E-state index contributed by atoms with van der Waals surface area (Å²) in [5.74, 6) is 0.729. The van der Waals surface area contributed by atoms with Gasteiger partial charge in [-0.05, 0) is 30.0 Å². The zero-order chi connectivity index (χ0) is 10.9. The van der Waals surface area contributed by atoms with Crippen LogP contribution in [0, 0.1) is 0 Å². The molecule has 0 bridgehead atoms. The maximum Gasteiger partial charge on any atom is 0.393 e. The number of rotatable bonds is 1. The minimum atomic E-state index is -4.14. The highest BCUT2D eigenvalue weighted by Gasteiger charge is 2.28. The number of hydrogen-bond donors (Lipinski definition) is 0. The molecule has 4 heteroatoms. The van der Waals surface area contributed by atoms with E-state index >= 15 is 0 Å². The molecule has 1 aliphatic heterocycles. The van der Waals surface area contributed by atoms with Crippen LogP contribution < -0.4 is 4.74 Å². The van der Waals surface area contributed by atoms with Crippen molar-refractivity contribution in [2.75, 3.05) is 6.61 Å². The second kappa shape index (κ2) is 3.76. The average molecular weight is 216 g/mol. The lowest BCUT2D eigenvalue weighted by atomic mass is 10.0. The van der Waals surface area contributed by atoms with E-state index in [9.17, 15) is 13.2 Å². The summed E-state index contributed by atoms with van der Waals surface area (Å²) in [5, 5.41) is 0. The molecule has 0 N–H and O–H groups in total. The maximum absolute atomic E-state index is 12.1. The molecule has 1 nitrogen and oxygen atoms in total. The molecule has 15 heavy (non-hydrogen) atoms. The van der Waals surface area contributed by atoms with E-state index in [4.69, 9.17) is 4.74 Å². The first-order chi connectivity index (χ1) is 7.04. The van der Waals surface area contributed by atoms with Crippen LogP contribution in [0.5, 0.6) is 5.75 Å². The Morgan fingerprint density at radius 2 is 2.07 bits per heavy atom. The molecule has 0 aliphatic carbocycles. The van der Waals surface area contributed by atoms with Crippen LogP contribution in [0.1, 0.15) is 17.5 Å². The molecular weight excluding hydrogens is 205 g/mol. The number of hydrogen-bond acceptors (Lipinski definition) is 1. The molecule has 1 aromatic rings. The summed E-state index contributed by atoms with van der Waals surface area (Å²) in [6.45, 7) is 0.658. The molecule has 0 fully saturated rings. The number of benzene rings is 1. The number of ether oxygens (including phenoxy) is 1. The topological polar surface area (TPSA) is 9.23 Å². The van der Waals surface area contributed by atoms with Gasteiger partial charge in [0.05, 0.1) is 13.0 Å². The Hall–Kier alpha value is -1.19. The molecule has 2 rings (SSSR count). The van der Waals surface area contributed by atoms with E-state index in [1.165, 1.54) is 6.07 Å². The van der Waals surface area contributed by atoms with Crippen molar-refractivity contribution in [2.45, 2.75) is 25.4 Å². The van der Waals surface area contributed by atoms with Crippen LogP contribution in [0.25, 0.3) is 0 Å². The maximum atomic E-state index is 12.1. The van der Waals surface area contributed by atoms with Crippen LogP contribution in [0.2, 0.25) is 0 Å². The Morgan fingerprint density at radius 1 is 1.27 bits per heavy atom. The number of alkyl halides is 3. The van der Waals surface area contributed by atoms with Crippen molar-refractivity contribution in [3.63, 3.8) is 0 Å². The van der Waals surface area contributed by atoms with Crippen molar-refractivity contribution in [3.05, 3.63) is 29.3 Å². The highest BCUT2D eigenvalue weighted by molar-refractivity contribution is 5.38. The average Bonchev–Trinajstić information content (AvgIpc) is 2.15. The molecule has 1 aromatic carbocycles. The van der Waals surface area contributed by atoms with Crippen molar-refractivity contribution in [1.29, 1.82) is 0 Å². The third-order valence-electron chi connectivity index (χ3n) is 2.38. The van der Waals surface area contributed by atoms with Crippen LogP contribution in [0.4, 0.5) is 13.2 Å². The van der Waals surface area contributed by atoms with E-state index in [1.807, 2.05) is 0 Å². The first-order valence-electron chi connectivity index (χ1n) is 4.86. The van der Waals surface area contributed by atoms with Gasteiger partial charge in [-0.3, -0.25) is 0 Å². The van der Waals surface area contributed by atoms with Gasteiger partial charge in [0.2, 0.25) is 0 Å². The Bertz CT molecular complexity index is 357. The van der Waals surface area contributed by atoms with Crippen LogP contribution in [0.3, 0.4) is 0 Å². The lowest BCUT2D eigenvalue weighted by Gasteiger charge is -2.18. The van der Waals surface area contributed by atoms with Crippen molar-refractivity contribution in [3.8, 4) is 5.75 Å². The van der Waals surface area contributed by atoms with Crippen molar-refractivity contribution in [1.82, 2.24) is 0 Å². The lowest BCUT2D eigenvalue weighted by molar-refractivity contribution is -0.127. The summed E-state index contributed by atoms with van der Waals surface area (Å²) in [6.07, 6.45) is -3.31. The first kappa shape index (κ1) is 10.3. The fraction of sp³-hybridized carbons (Fsp3) is 0.455. The van der Waals surface area contributed by atoms with Gasteiger partial charge in [-0.1, -0.05) is 12.1 Å². The molecule has 0 saturated carbocycles. The molecule has 0 amide bonds. The molecule has 1 aliphatic rings. The van der Waals surface area contributed by atoms with E-state index in [0.29, 0.717) is 12.2 Å². The summed E-state index contributed by atoms with van der Waals surface area (Å²) in [4.78, 5) is 0. The Labute approximate surface area is 85.9 Å². The highest BCUT2D eigenvalue weighted by Crippen LogP contribution is 2.28. The van der Waals surface area contributed by atoms with Crippen LogP contribution in [0.15, 0.2) is 18.2 Å². The standard InChI is InChI=1S/C11H11F3O/c12-11(13,14)7-8-3-4-10-9(6-8)2-1-5-15-10/h3-4,6H,1-2,5,7H2. The summed E-state index contributed by atoms with van der Waals surface area (Å²) in [6, 6.07) is 4.72. The summed E-state index contributed by atoms with van der Waals surface area (Å²) in [5.41, 5.74) is 1.20. The molecule has 0 unspecified atom stereocenters. The summed E-state index contributed by atoms with van der Waals surface area (Å²) >= 11 is 0. The van der Waals surface area contributed by atoms with Gasteiger partial charge in [0.15, 0.2) is 0 Å². The predicted molar refractivity (Wildman–Crippen MR) is 50.0 cm³/mol. The van der Waals surface area contributed by atoms with Gasteiger partial charge in [0.25, 0.3) is 0 Å². The molecule has 0 spiro atoms. The normalized spacial score (nSPS) is 15.7. The summed E-state index contributed by atoms with van der Waals surface area (Å²) < 4.78 is 41.8. The van der Waals surface area contributed by atoms with Gasteiger partial charge in [-0.25, -0.2) is 0 Å². The second-order valence-corrected chi connectivity index (χ2v) is 3.69. The number of halogens is 3. The minimum absolute atomic E-state index is 0.312. The predicted octanol–water partition coefficient (Wildman–Crippen LogP) is 3.12. The number of aryl methyl sites for hydroxylation is 1. The van der Waals surface area contributed by atoms with Gasteiger partial charge >= 0.3 is 6.18 Å². The molecular formula is C11H11F3O. The van der Waals surface area contributed by atoms with E-state index < -0.39 is 12.6 Å². The van der Waals surface area contributed by atoms with E-state index in [1.54, 1.807) is 12.1 Å². The zero-order valence-electron chi connectivity index (χ0n) is 8.10. The van der Waals surface area contributed by atoms with Gasteiger partial charge in [-0.15, -0.1) is 0 Å². The van der Waals surface area contributed by atoms with Crippen LogP contribution in [-0.4, -0.2) is 12.8 Å². The Balaban J connectivity index is 2.21. The first-order valence-corrected chi connectivity index (χ1v) is 4.86. The van der Waals surface area contributed by atoms with E-state index in [-0.39, 0.29) is 0 Å². The SMILES string of the molecule is FC(F)(F)Cc1ccc2c(c1)CCCO2. The van der Waals surface area contributed by atoms with Crippen LogP contribution >= 0.6 is 0 Å². The smallest absolute Gasteiger partial charge is 0.393 e. The zero-order valence-corrected chi connectivity index (χ0v) is 8.10. The lowest BCUT2D eigenvalue weighted by Crippen LogP contribution is -2.13. The third-order valence-corrected chi connectivity index (χ3v) is 2.38. The Kier molecular flexibility index (Phi) is 2.59. The molecule has 82 valence electrons. The van der Waals surface area contributed by atoms with Gasteiger partial charge < -0.3 is 4.74 Å². The monoisotopic (exact) mass is 216 g/mol. The molecule has 0 atom stereocenters. The van der Waals surface area contributed by atoms with Gasteiger partial charge in [0.1, 0.15) is 5.75 Å². The molecule has 0 aromatic heterocycles. The summed E-state index contributed by atoms with van der Waals surface area (Å²) in [7, 11) is 0. The quantitative estimate of drug-likeness (QED) is 0.700.